The topological polar surface area (TPSA) is 53.9 Å². The molecule has 0 spiro atoms. The van der Waals surface area contributed by atoms with Crippen LogP contribution in [0.5, 0.6) is 0 Å². The van der Waals surface area contributed by atoms with E-state index in [1.165, 1.54) is 5.56 Å². The number of anilines is 2. The molecule has 0 aliphatic rings. The van der Waals surface area contributed by atoms with Crippen LogP contribution in [-0.2, 0) is 0 Å². The molecule has 2 rings (SSSR count). The SMILES string of the molecule is CCCN(CCC)c1cnnc(NC(C)c2ccccc2)n1. The molecule has 1 atom stereocenters. The molecule has 1 N–H and O–H groups in total. The Labute approximate surface area is 132 Å². The van der Waals surface area contributed by atoms with Gasteiger partial charge < -0.3 is 10.2 Å². The van der Waals surface area contributed by atoms with E-state index in [1.807, 2.05) is 18.2 Å². The van der Waals surface area contributed by atoms with Crippen molar-refractivity contribution in [3.8, 4) is 0 Å². The normalized spacial score (nSPS) is 12.0. The van der Waals surface area contributed by atoms with Gasteiger partial charge in [-0.25, -0.2) is 0 Å². The first-order valence-electron chi connectivity index (χ1n) is 8.00. The standard InChI is InChI=1S/C17H25N5/c1-4-11-22(12-5-2)16-13-18-21-17(20-16)19-14(3)15-9-7-6-8-10-15/h6-10,13-14H,4-5,11-12H2,1-3H3,(H,19,20,21). The van der Waals surface area contributed by atoms with Crippen molar-refractivity contribution in [2.45, 2.75) is 39.7 Å². The van der Waals surface area contributed by atoms with E-state index in [0.29, 0.717) is 5.95 Å². The largest absolute Gasteiger partial charge is 0.355 e. The van der Waals surface area contributed by atoms with E-state index in [2.05, 4.69) is 58.3 Å². The molecule has 1 aromatic heterocycles. The maximum Gasteiger partial charge on any atom is 0.245 e. The van der Waals surface area contributed by atoms with Crippen LogP contribution in [-0.4, -0.2) is 28.3 Å². The molecule has 1 unspecified atom stereocenters. The van der Waals surface area contributed by atoms with E-state index in [4.69, 9.17) is 0 Å². The van der Waals surface area contributed by atoms with Gasteiger partial charge in [-0.2, -0.15) is 10.1 Å². The van der Waals surface area contributed by atoms with Gasteiger partial charge in [-0.05, 0) is 25.3 Å². The van der Waals surface area contributed by atoms with E-state index in [9.17, 15) is 0 Å². The van der Waals surface area contributed by atoms with Gasteiger partial charge in [-0.3, -0.25) is 0 Å². The van der Waals surface area contributed by atoms with Crippen LogP contribution in [0.15, 0.2) is 36.5 Å². The predicted octanol–water partition coefficient (Wildman–Crippen LogP) is 3.67. The number of nitrogens with one attached hydrogen (secondary N) is 1. The zero-order chi connectivity index (χ0) is 15.8. The average molecular weight is 299 g/mol. The third kappa shape index (κ3) is 4.41. The summed E-state index contributed by atoms with van der Waals surface area (Å²) in [7, 11) is 0. The number of rotatable bonds is 8. The molecule has 22 heavy (non-hydrogen) atoms. The molecule has 5 heteroatoms. The molecule has 0 amide bonds. The van der Waals surface area contributed by atoms with E-state index in [1.54, 1.807) is 6.20 Å². The monoisotopic (exact) mass is 299 g/mol. The smallest absolute Gasteiger partial charge is 0.245 e. The maximum absolute atomic E-state index is 4.62. The Hall–Kier alpha value is -2.17. The fourth-order valence-electron chi connectivity index (χ4n) is 2.41. The van der Waals surface area contributed by atoms with Crippen molar-refractivity contribution in [2.75, 3.05) is 23.3 Å². The molecule has 5 nitrogen and oxygen atoms in total. The molecular formula is C17H25N5. The van der Waals surface area contributed by atoms with Crippen LogP contribution in [0.1, 0.15) is 45.2 Å². The molecule has 0 saturated heterocycles. The van der Waals surface area contributed by atoms with E-state index < -0.39 is 0 Å². The first-order chi connectivity index (χ1) is 10.7. The lowest BCUT2D eigenvalue weighted by Gasteiger charge is -2.22. The van der Waals surface area contributed by atoms with Gasteiger partial charge in [-0.15, -0.1) is 5.10 Å². The highest BCUT2D eigenvalue weighted by Crippen LogP contribution is 2.18. The van der Waals surface area contributed by atoms with Gasteiger partial charge in [-0.1, -0.05) is 44.2 Å². The number of nitrogens with zero attached hydrogens (tertiary/aromatic N) is 4. The van der Waals surface area contributed by atoms with Crippen LogP contribution in [0, 0.1) is 0 Å². The van der Waals surface area contributed by atoms with E-state index in [-0.39, 0.29) is 6.04 Å². The second-order valence-corrected chi connectivity index (χ2v) is 5.40. The van der Waals surface area contributed by atoms with Gasteiger partial charge in [0, 0.05) is 13.1 Å². The molecule has 0 radical (unpaired) electrons. The summed E-state index contributed by atoms with van der Waals surface area (Å²) in [5.74, 6) is 1.47. The highest BCUT2D eigenvalue weighted by Gasteiger charge is 2.11. The summed E-state index contributed by atoms with van der Waals surface area (Å²) >= 11 is 0. The summed E-state index contributed by atoms with van der Waals surface area (Å²) in [6, 6.07) is 10.4. The molecule has 0 aliphatic heterocycles. The van der Waals surface area contributed by atoms with Crippen LogP contribution >= 0.6 is 0 Å². The fraction of sp³-hybridized carbons (Fsp3) is 0.471. The number of benzene rings is 1. The molecule has 0 aliphatic carbocycles. The quantitative estimate of drug-likeness (QED) is 0.806. The van der Waals surface area contributed by atoms with Gasteiger partial charge in [0.2, 0.25) is 5.95 Å². The van der Waals surface area contributed by atoms with E-state index >= 15 is 0 Å². The first kappa shape index (κ1) is 16.2. The summed E-state index contributed by atoms with van der Waals surface area (Å²) < 4.78 is 0. The molecule has 0 saturated carbocycles. The minimum absolute atomic E-state index is 0.143. The summed E-state index contributed by atoms with van der Waals surface area (Å²) in [4.78, 5) is 6.87. The maximum atomic E-state index is 4.62. The molecule has 0 bridgehead atoms. The second-order valence-electron chi connectivity index (χ2n) is 5.40. The summed E-state index contributed by atoms with van der Waals surface area (Å²) in [6.07, 6.45) is 3.92. The number of aromatic nitrogens is 3. The fourth-order valence-corrected chi connectivity index (χ4v) is 2.41. The van der Waals surface area contributed by atoms with Crippen molar-refractivity contribution >= 4 is 11.8 Å². The zero-order valence-corrected chi connectivity index (χ0v) is 13.7. The van der Waals surface area contributed by atoms with Gasteiger partial charge >= 0.3 is 0 Å². The Morgan fingerprint density at radius 1 is 1.09 bits per heavy atom. The van der Waals surface area contributed by atoms with Crippen LogP contribution in [0.25, 0.3) is 0 Å². The lowest BCUT2D eigenvalue weighted by molar-refractivity contribution is 0.725. The van der Waals surface area contributed by atoms with Crippen molar-refractivity contribution in [3.05, 3.63) is 42.1 Å². The lowest BCUT2D eigenvalue weighted by atomic mass is 10.1. The Kier molecular flexibility index (Phi) is 6.13. The lowest BCUT2D eigenvalue weighted by Crippen LogP contribution is -2.26. The van der Waals surface area contributed by atoms with Crippen LogP contribution in [0.4, 0.5) is 11.8 Å². The molecule has 0 fully saturated rings. The van der Waals surface area contributed by atoms with Gasteiger partial charge in [0.05, 0.1) is 12.2 Å². The van der Waals surface area contributed by atoms with Crippen molar-refractivity contribution < 1.29 is 0 Å². The molecule has 1 aromatic carbocycles. The molecule has 2 aromatic rings. The zero-order valence-electron chi connectivity index (χ0n) is 13.7. The number of hydrogen-bond acceptors (Lipinski definition) is 5. The predicted molar refractivity (Wildman–Crippen MR) is 91.1 cm³/mol. The van der Waals surface area contributed by atoms with Crippen molar-refractivity contribution in [1.82, 2.24) is 15.2 Å². The van der Waals surface area contributed by atoms with Crippen LogP contribution in [0.2, 0.25) is 0 Å². The van der Waals surface area contributed by atoms with E-state index in [0.717, 1.165) is 31.7 Å². The minimum Gasteiger partial charge on any atom is -0.355 e. The second kappa shape index (κ2) is 8.32. The third-order valence-electron chi connectivity index (χ3n) is 3.50. The first-order valence-corrected chi connectivity index (χ1v) is 8.00. The highest BCUT2D eigenvalue weighted by atomic mass is 15.3. The Morgan fingerprint density at radius 2 is 1.77 bits per heavy atom. The Balaban J connectivity index is 2.10. The summed E-state index contributed by atoms with van der Waals surface area (Å²) in [6.45, 7) is 8.42. The highest BCUT2D eigenvalue weighted by molar-refractivity contribution is 5.41. The number of hydrogen-bond donors (Lipinski definition) is 1. The average Bonchev–Trinajstić information content (AvgIpc) is 2.56. The van der Waals surface area contributed by atoms with Crippen LogP contribution in [0.3, 0.4) is 0 Å². The molecule has 1 heterocycles. The summed E-state index contributed by atoms with van der Waals surface area (Å²) in [5.41, 5.74) is 1.20. The molecular weight excluding hydrogens is 274 g/mol. The van der Waals surface area contributed by atoms with Gasteiger partial charge in [0.1, 0.15) is 0 Å². The van der Waals surface area contributed by atoms with Crippen molar-refractivity contribution in [2.24, 2.45) is 0 Å². The minimum atomic E-state index is 0.143. The Bertz CT molecular complexity index is 552. The van der Waals surface area contributed by atoms with Crippen molar-refractivity contribution in [1.29, 1.82) is 0 Å². The third-order valence-corrected chi connectivity index (χ3v) is 3.50. The van der Waals surface area contributed by atoms with Gasteiger partial charge in [0.15, 0.2) is 5.82 Å². The molecule has 118 valence electrons. The summed E-state index contributed by atoms with van der Waals surface area (Å²) in [5, 5.41) is 11.5. The van der Waals surface area contributed by atoms with Gasteiger partial charge in [0.25, 0.3) is 0 Å². The van der Waals surface area contributed by atoms with Crippen molar-refractivity contribution in [3.63, 3.8) is 0 Å². The van der Waals surface area contributed by atoms with Crippen LogP contribution < -0.4 is 10.2 Å². The Morgan fingerprint density at radius 3 is 2.41 bits per heavy atom.